The molecule has 4 rings (SSSR count). The molecule has 0 spiro atoms. The highest BCUT2D eigenvalue weighted by Crippen LogP contribution is 2.24. The Balaban J connectivity index is 1.65. The van der Waals surface area contributed by atoms with E-state index >= 15 is 0 Å². The first-order valence-corrected chi connectivity index (χ1v) is 7.47. The summed E-state index contributed by atoms with van der Waals surface area (Å²) in [5.41, 5.74) is 1.80. The molecule has 0 bridgehead atoms. The monoisotopic (exact) mass is 308 g/mol. The van der Waals surface area contributed by atoms with E-state index in [2.05, 4.69) is 25.9 Å². The Morgan fingerprint density at radius 3 is 2.87 bits per heavy atom. The number of nitrogens with one attached hydrogen (secondary N) is 2. The first kappa shape index (κ1) is 13.8. The van der Waals surface area contributed by atoms with E-state index in [9.17, 15) is 4.79 Å². The van der Waals surface area contributed by atoms with Crippen LogP contribution in [0.15, 0.2) is 36.7 Å². The number of pyridine rings is 1. The minimum absolute atomic E-state index is 0.0145. The van der Waals surface area contributed by atoms with Gasteiger partial charge in [-0.25, -0.2) is 4.98 Å². The number of anilines is 1. The number of rotatable bonds is 3. The van der Waals surface area contributed by atoms with Gasteiger partial charge < -0.3 is 10.6 Å². The second-order valence-corrected chi connectivity index (χ2v) is 5.75. The van der Waals surface area contributed by atoms with Crippen molar-refractivity contribution in [3.05, 3.63) is 36.7 Å². The van der Waals surface area contributed by atoms with Crippen LogP contribution >= 0.6 is 0 Å². The summed E-state index contributed by atoms with van der Waals surface area (Å²) in [5, 5.41) is 16.1. The van der Waals surface area contributed by atoms with Crippen LogP contribution < -0.4 is 10.6 Å². The molecule has 116 valence electrons. The molecule has 1 amide bonds. The Hall–Kier alpha value is -2.80. The molecule has 3 aromatic rings. The lowest BCUT2D eigenvalue weighted by Gasteiger charge is -2.25. The summed E-state index contributed by atoms with van der Waals surface area (Å²) in [5.74, 6) is 0.629. The molecule has 7 heteroatoms. The first-order chi connectivity index (χ1) is 11.2. The van der Waals surface area contributed by atoms with Crippen LogP contribution in [-0.4, -0.2) is 39.0 Å². The number of benzene rings is 1. The van der Waals surface area contributed by atoms with E-state index in [0.717, 1.165) is 35.1 Å². The maximum atomic E-state index is 12.0. The Kier molecular flexibility index (Phi) is 3.27. The molecular formula is C16H16N6O. The van der Waals surface area contributed by atoms with Crippen molar-refractivity contribution >= 4 is 22.5 Å². The summed E-state index contributed by atoms with van der Waals surface area (Å²) in [4.78, 5) is 16.3. The Labute approximate surface area is 132 Å². The lowest BCUT2D eigenvalue weighted by atomic mass is 10.0. The van der Waals surface area contributed by atoms with Crippen molar-refractivity contribution in [2.45, 2.75) is 0 Å². The van der Waals surface area contributed by atoms with Gasteiger partial charge in [-0.3, -0.25) is 9.48 Å². The second-order valence-electron chi connectivity index (χ2n) is 5.75. The van der Waals surface area contributed by atoms with E-state index in [1.165, 1.54) is 0 Å². The van der Waals surface area contributed by atoms with Crippen molar-refractivity contribution < 1.29 is 4.79 Å². The van der Waals surface area contributed by atoms with Gasteiger partial charge in [-0.05, 0) is 17.5 Å². The van der Waals surface area contributed by atoms with Gasteiger partial charge in [0.1, 0.15) is 11.5 Å². The van der Waals surface area contributed by atoms with Crippen molar-refractivity contribution in [2.75, 3.05) is 18.4 Å². The summed E-state index contributed by atoms with van der Waals surface area (Å²) >= 11 is 0. The topological polar surface area (TPSA) is 84.7 Å². The number of amides is 1. The normalized spacial score (nSPS) is 14.7. The molecule has 1 fully saturated rings. The highest BCUT2D eigenvalue weighted by Gasteiger charge is 2.24. The van der Waals surface area contributed by atoms with Crippen LogP contribution in [0.3, 0.4) is 0 Å². The maximum Gasteiger partial charge on any atom is 0.231 e. The van der Waals surface area contributed by atoms with Crippen molar-refractivity contribution in [2.24, 2.45) is 13.0 Å². The number of fused-ring (bicyclic) bond motifs is 1. The fraction of sp³-hybridized carbons (Fsp3) is 0.250. The molecule has 1 aliphatic heterocycles. The number of aryl methyl sites for hydroxylation is 1. The third kappa shape index (κ3) is 2.66. The molecular weight excluding hydrogens is 292 g/mol. The Bertz CT molecular complexity index is 883. The van der Waals surface area contributed by atoms with Gasteiger partial charge in [-0.15, -0.1) is 5.10 Å². The van der Waals surface area contributed by atoms with Gasteiger partial charge in [0, 0.05) is 37.3 Å². The van der Waals surface area contributed by atoms with Crippen LogP contribution in [0.5, 0.6) is 0 Å². The summed E-state index contributed by atoms with van der Waals surface area (Å²) in [6.45, 7) is 1.46. The smallest absolute Gasteiger partial charge is 0.231 e. The van der Waals surface area contributed by atoms with Crippen LogP contribution in [0.4, 0.5) is 5.82 Å². The number of hydrogen-bond donors (Lipinski definition) is 2. The average molecular weight is 308 g/mol. The van der Waals surface area contributed by atoms with Gasteiger partial charge in [0.15, 0.2) is 0 Å². The second kappa shape index (κ2) is 5.44. The molecule has 0 radical (unpaired) electrons. The fourth-order valence-electron chi connectivity index (χ4n) is 2.55. The van der Waals surface area contributed by atoms with Gasteiger partial charge in [-0.1, -0.05) is 17.3 Å². The van der Waals surface area contributed by atoms with Crippen molar-refractivity contribution in [1.29, 1.82) is 0 Å². The van der Waals surface area contributed by atoms with E-state index in [0.29, 0.717) is 5.82 Å². The number of carbonyl (C=O) groups is 1. The molecule has 1 saturated heterocycles. The summed E-state index contributed by atoms with van der Waals surface area (Å²) in [6.07, 6.45) is 3.64. The van der Waals surface area contributed by atoms with Gasteiger partial charge in [0.2, 0.25) is 5.91 Å². The molecule has 2 N–H and O–H groups in total. The van der Waals surface area contributed by atoms with Crippen molar-refractivity contribution in [3.8, 4) is 11.3 Å². The summed E-state index contributed by atoms with van der Waals surface area (Å²) < 4.78 is 1.67. The third-order valence-electron chi connectivity index (χ3n) is 4.02. The van der Waals surface area contributed by atoms with E-state index in [1.54, 1.807) is 10.9 Å². The molecule has 3 heterocycles. The van der Waals surface area contributed by atoms with Crippen LogP contribution in [0.1, 0.15) is 0 Å². The number of nitrogens with zero attached hydrogens (tertiary/aromatic N) is 4. The molecule has 23 heavy (non-hydrogen) atoms. The molecule has 0 saturated carbocycles. The molecule has 1 aliphatic rings. The molecule has 0 unspecified atom stereocenters. The quantitative estimate of drug-likeness (QED) is 0.759. The van der Waals surface area contributed by atoms with Gasteiger partial charge >= 0.3 is 0 Å². The summed E-state index contributed by atoms with van der Waals surface area (Å²) in [6, 6.07) is 7.90. The number of hydrogen-bond acceptors (Lipinski definition) is 5. The zero-order chi connectivity index (χ0) is 15.8. The summed E-state index contributed by atoms with van der Waals surface area (Å²) in [7, 11) is 1.84. The molecule has 1 aromatic carbocycles. The molecule has 0 atom stereocenters. The van der Waals surface area contributed by atoms with Crippen molar-refractivity contribution in [3.63, 3.8) is 0 Å². The Morgan fingerprint density at radius 2 is 2.17 bits per heavy atom. The minimum atomic E-state index is 0.0145. The van der Waals surface area contributed by atoms with Gasteiger partial charge in [0.05, 0.1) is 12.1 Å². The lowest BCUT2D eigenvalue weighted by Crippen LogP contribution is -2.48. The number of aromatic nitrogens is 4. The van der Waals surface area contributed by atoms with Crippen molar-refractivity contribution in [1.82, 2.24) is 25.3 Å². The van der Waals surface area contributed by atoms with Crippen LogP contribution in [-0.2, 0) is 11.8 Å². The van der Waals surface area contributed by atoms with Gasteiger partial charge in [0.25, 0.3) is 0 Å². The predicted octanol–water partition coefficient (Wildman–Crippen LogP) is 1.19. The largest absolute Gasteiger partial charge is 0.315 e. The SMILES string of the molecule is Cn1cc(-c2ccc3cnc(NC(=O)C4CNC4)cc3c2)nn1. The minimum Gasteiger partial charge on any atom is -0.315 e. The Morgan fingerprint density at radius 1 is 1.30 bits per heavy atom. The zero-order valence-electron chi connectivity index (χ0n) is 12.7. The molecule has 2 aromatic heterocycles. The first-order valence-electron chi connectivity index (χ1n) is 7.47. The van der Waals surface area contributed by atoms with E-state index < -0.39 is 0 Å². The van der Waals surface area contributed by atoms with Crippen LogP contribution in [0, 0.1) is 5.92 Å². The fourth-order valence-corrected chi connectivity index (χ4v) is 2.55. The standard InChI is InChI=1S/C16H16N6O/c1-22-9-14(20-21-22)10-2-3-11-8-18-15(5-12(11)4-10)19-16(23)13-6-17-7-13/h2-5,8-9,13,17H,6-7H2,1H3,(H,18,19,23). The van der Waals surface area contributed by atoms with E-state index in [1.807, 2.05) is 37.5 Å². The van der Waals surface area contributed by atoms with E-state index in [4.69, 9.17) is 0 Å². The van der Waals surface area contributed by atoms with Gasteiger partial charge in [-0.2, -0.15) is 0 Å². The predicted molar refractivity (Wildman–Crippen MR) is 86.7 cm³/mol. The molecule has 7 nitrogen and oxygen atoms in total. The average Bonchev–Trinajstić information content (AvgIpc) is 2.91. The van der Waals surface area contributed by atoms with E-state index in [-0.39, 0.29) is 11.8 Å². The highest BCUT2D eigenvalue weighted by molar-refractivity contribution is 5.95. The maximum absolute atomic E-state index is 12.0. The zero-order valence-corrected chi connectivity index (χ0v) is 12.7. The van der Waals surface area contributed by atoms with Crippen LogP contribution in [0.25, 0.3) is 22.0 Å². The molecule has 0 aliphatic carbocycles. The number of carbonyl (C=O) groups excluding carboxylic acids is 1. The third-order valence-corrected chi connectivity index (χ3v) is 4.02. The lowest BCUT2D eigenvalue weighted by molar-refractivity contribution is -0.121. The highest BCUT2D eigenvalue weighted by atomic mass is 16.2. The van der Waals surface area contributed by atoms with Crippen LogP contribution in [0.2, 0.25) is 0 Å².